The Hall–Kier alpha value is -1.35. The minimum atomic E-state index is -3.95. The van der Waals surface area contributed by atoms with Crippen molar-refractivity contribution in [3.8, 4) is 5.75 Å². The molecule has 0 aromatic heterocycles. The number of nitrogens with two attached hydrogens (primary N) is 1. The highest BCUT2D eigenvalue weighted by Gasteiger charge is 2.40. The number of benzene rings is 1. The van der Waals surface area contributed by atoms with Crippen LogP contribution in [-0.2, 0) is 13.8 Å². The number of methoxy groups -OCH3 is 2. The first-order valence-electron chi connectivity index (χ1n) is 9.36. The van der Waals surface area contributed by atoms with Gasteiger partial charge in [-0.2, -0.15) is 0 Å². The lowest BCUT2D eigenvalue weighted by Crippen LogP contribution is -2.54. The van der Waals surface area contributed by atoms with E-state index in [9.17, 15) is 14.3 Å². The van der Waals surface area contributed by atoms with Crippen molar-refractivity contribution in [3.63, 3.8) is 0 Å². The number of amides is 1. The summed E-state index contributed by atoms with van der Waals surface area (Å²) >= 11 is 6.04. The topological polar surface area (TPSA) is 123 Å². The summed E-state index contributed by atoms with van der Waals surface area (Å²) in [6.07, 6.45) is 0.191. The fourth-order valence-corrected chi connectivity index (χ4v) is 4.72. The summed E-state index contributed by atoms with van der Waals surface area (Å²) in [4.78, 5) is 23.1. The Morgan fingerprint density at radius 2 is 2.17 bits per heavy atom. The van der Waals surface area contributed by atoms with E-state index in [2.05, 4.69) is 5.32 Å². The summed E-state index contributed by atoms with van der Waals surface area (Å²) in [5.74, 6) is -0.0927. The van der Waals surface area contributed by atoms with Crippen molar-refractivity contribution < 1.29 is 28.3 Å². The number of hydrogen-bond acceptors (Lipinski definition) is 6. The van der Waals surface area contributed by atoms with Crippen LogP contribution < -0.4 is 15.8 Å². The van der Waals surface area contributed by atoms with E-state index in [0.717, 1.165) is 0 Å². The van der Waals surface area contributed by atoms with E-state index in [1.807, 2.05) is 6.92 Å². The number of nitrogens with zero attached hydrogens (tertiary/aromatic N) is 1. The van der Waals surface area contributed by atoms with Gasteiger partial charge >= 0.3 is 7.75 Å². The lowest BCUT2D eigenvalue weighted by atomic mass is 10.0. The number of carbonyl (C=O) groups excluding carboxylic acids is 1. The van der Waals surface area contributed by atoms with Gasteiger partial charge in [0.15, 0.2) is 0 Å². The van der Waals surface area contributed by atoms with Crippen molar-refractivity contribution in [1.29, 1.82) is 0 Å². The van der Waals surface area contributed by atoms with E-state index in [-0.39, 0.29) is 35.8 Å². The van der Waals surface area contributed by atoms with Crippen LogP contribution in [0, 0.1) is 0 Å². The smallest absolute Gasteiger partial charge is 0.405 e. The van der Waals surface area contributed by atoms with E-state index < -0.39 is 19.8 Å². The van der Waals surface area contributed by atoms with E-state index >= 15 is 0 Å². The van der Waals surface area contributed by atoms with Crippen molar-refractivity contribution >= 4 is 30.9 Å². The first kappa shape index (κ1) is 23.9. The molecule has 0 bridgehead atoms. The number of hydrogen-bond donors (Lipinski definition) is 3. The molecule has 1 aliphatic rings. The third-order valence-corrected chi connectivity index (χ3v) is 7.01. The van der Waals surface area contributed by atoms with Gasteiger partial charge in [-0.25, -0.2) is 9.24 Å². The summed E-state index contributed by atoms with van der Waals surface area (Å²) in [5, 5.41) is 3.15. The summed E-state index contributed by atoms with van der Waals surface area (Å²) in [6, 6.07) is 2.57. The van der Waals surface area contributed by atoms with E-state index in [1.165, 1.54) is 31.0 Å². The van der Waals surface area contributed by atoms with Gasteiger partial charge in [-0.15, -0.1) is 0 Å². The largest absolute Gasteiger partial charge is 0.496 e. The highest BCUT2D eigenvalue weighted by molar-refractivity contribution is 7.50. The van der Waals surface area contributed by atoms with Gasteiger partial charge in [0.25, 0.3) is 5.91 Å². The Labute approximate surface area is 176 Å². The van der Waals surface area contributed by atoms with Crippen LogP contribution in [0.5, 0.6) is 5.75 Å². The van der Waals surface area contributed by atoms with Gasteiger partial charge in [0.05, 0.1) is 41.6 Å². The molecular weight excluding hydrogens is 421 g/mol. The van der Waals surface area contributed by atoms with Crippen LogP contribution in [0.25, 0.3) is 0 Å². The zero-order valence-electron chi connectivity index (χ0n) is 17.1. The second-order valence-electron chi connectivity index (χ2n) is 6.94. The number of halogens is 1. The lowest BCUT2D eigenvalue weighted by Gasteiger charge is -2.39. The number of carbonyl (C=O) groups is 1. The van der Waals surface area contributed by atoms with Crippen LogP contribution in [0.2, 0.25) is 5.02 Å². The number of piperidine rings is 1. The second kappa shape index (κ2) is 10.1. The number of anilines is 1. The van der Waals surface area contributed by atoms with Gasteiger partial charge in [-0.1, -0.05) is 18.5 Å². The van der Waals surface area contributed by atoms with E-state index in [1.54, 1.807) is 6.92 Å². The number of nitrogen functional groups attached to an aromatic ring is 1. The normalized spacial score (nSPS) is 23.2. The molecule has 4 N–H and O–H groups in total. The van der Waals surface area contributed by atoms with Crippen LogP contribution >= 0.6 is 19.3 Å². The van der Waals surface area contributed by atoms with Crippen molar-refractivity contribution in [2.75, 3.05) is 33.0 Å². The molecule has 0 aliphatic carbocycles. The zero-order valence-corrected chi connectivity index (χ0v) is 18.7. The van der Waals surface area contributed by atoms with Crippen LogP contribution in [0.1, 0.15) is 37.0 Å². The van der Waals surface area contributed by atoms with Gasteiger partial charge in [-0.3, -0.25) is 9.32 Å². The Morgan fingerprint density at radius 3 is 2.76 bits per heavy atom. The fraction of sp³-hybridized carbons (Fsp3) is 0.611. The predicted molar refractivity (Wildman–Crippen MR) is 111 cm³/mol. The van der Waals surface area contributed by atoms with Gasteiger partial charge in [0, 0.05) is 26.3 Å². The first-order chi connectivity index (χ1) is 13.6. The summed E-state index contributed by atoms with van der Waals surface area (Å²) in [7, 11) is -1.02. The fourth-order valence-electron chi connectivity index (χ4n) is 3.07. The van der Waals surface area contributed by atoms with Crippen molar-refractivity contribution in [2.45, 2.75) is 44.9 Å². The van der Waals surface area contributed by atoms with Crippen LogP contribution in [-0.4, -0.2) is 61.0 Å². The third kappa shape index (κ3) is 5.84. The SMILES string of the molecule is CCC(C)OP(=O)(O)N1CCC(NC(=O)c2cc(Cl)c(N)cc2OC)C(OC)C1. The molecule has 1 aliphatic heterocycles. The van der Waals surface area contributed by atoms with Crippen molar-refractivity contribution in [3.05, 3.63) is 22.7 Å². The molecule has 0 saturated carbocycles. The highest BCUT2D eigenvalue weighted by atomic mass is 35.5. The highest BCUT2D eigenvalue weighted by Crippen LogP contribution is 2.49. The molecule has 1 saturated heterocycles. The quantitative estimate of drug-likeness (QED) is 0.409. The Morgan fingerprint density at radius 1 is 1.48 bits per heavy atom. The molecule has 1 heterocycles. The summed E-state index contributed by atoms with van der Waals surface area (Å²) in [5.41, 5.74) is 6.32. The molecular formula is C18H29ClN3O6P. The molecule has 29 heavy (non-hydrogen) atoms. The number of ether oxygens (including phenoxy) is 2. The van der Waals surface area contributed by atoms with Crippen LogP contribution in [0.3, 0.4) is 0 Å². The summed E-state index contributed by atoms with van der Waals surface area (Å²) in [6.45, 7) is 4.04. The minimum Gasteiger partial charge on any atom is -0.496 e. The molecule has 1 amide bonds. The maximum Gasteiger partial charge on any atom is 0.405 e. The summed E-state index contributed by atoms with van der Waals surface area (Å²) < 4.78 is 30.0. The van der Waals surface area contributed by atoms with Gasteiger partial charge < -0.3 is 25.4 Å². The average Bonchev–Trinajstić information content (AvgIpc) is 2.69. The minimum absolute atomic E-state index is 0.144. The van der Waals surface area contributed by atoms with Gasteiger partial charge in [-0.05, 0) is 25.8 Å². The molecule has 9 nitrogen and oxygen atoms in total. The molecule has 0 radical (unpaired) electrons. The third-order valence-electron chi connectivity index (χ3n) is 4.97. The molecule has 164 valence electrons. The Kier molecular flexibility index (Phi) is 8.34. The maximum absolute atomic E-state index is 12.8. The molecule has 2 rings (SSSR count). The van der Waals surface area contributed by atoms with Crippen molar-refractivity contribution in [1.82, 2.24) is 9.99 Å². The monoisotopic (exact) mass is 449 g/mol. The van der Waals surface area contributed by atoms with Crippen LogP contribution in [0.4, 0.5) is 5.69 Å². The number of nitrogens with one attached hydrogen (secondary N) is 1. The molecule has 1 fully saturated rings. The molecule has 1 aromatic rings. The second-order valence-corrected chi connectivity index (χ2v) is 9.11. The van der Waals surface area contributed by atoms with Crippen molar-refractivity contribution in [2.24, 2.45) is 0 Å². The van der Waals surface area contributed by atoms with Gasteiger partial charge in [0.1, 0.15) is 5.75 Å². The Balaban J connectivity index is 2.11. The lowest BCUT2D eigenvalue weighted by molar-refractivity contribution is 0.0173. The Bertz CT molecular complexity index is 780. The zero-order chi connectivity index (χ0) is 21.8. The molecule has 0 spiro atoms. The molecule has 4 unspecified atom stereocenters. The molecule has 1 aromatic carbocycles. The van der Waals surface area contributed by atoms with Gasteiger partial charge in [0.2, 0.25) is 0 Å². The maximum atomic E-state index is 12.8. The first-order valence-corrected chi connectivity index (χ1v) is 11.3. The molecule has 4 atom stereocenters. The standard InChI is InChI=1S/C18H29ClN3O6P/c1-5-11(2)28-29(24,25)22-7-6-15(17(10-22)27-4)21-18(23)12-8-13(19)14(20)9-16(12)26-3/h8-9,11,15,17H,5-7,10,20H2,1-4H3,(H,21,23)(H,24,25). The van der Waals surface area contributed by atoms with E-state index in [4.69, 9.17) is 31.3 Å². The van der Waals surface area contributed by atoms with Crippen LogP contribution in [0.15, 0.2) is 12.1 Å². The predicted octanol–water partition coefficient (Wildman–Crippen LogP) is 2.67. The van der Waals surface area contributed by atoms with E-state index in [0.29, 0.717) is 24.3 Å². The average molecular weight is 450 g/mol. The number of rotatable bonds is 8. The molecule has 11 heteroatoms.